The van der Waals surface area contributed by atoms with Crippen molar-refractivity contribution in [1.82, 2.24) is 10.3 Å². The van der Waals surface area contributed by atoms with Crippen molar-refractivity contribution in [3.63, 3.8) is 0 Å². The molecular formula is C15H11F3N4O. The second kappa shape index (κ2) is 6.36. The lowest BCUT2D eigenvalue weighted by molar-refractivity contribution is -0.155. The zero-order chi connectivity index (χ0) is 17.0. The lowest BCUT2D eigenvalue weighted by atomic mass is 10.0. The van der Waals surface area contributed by atoms with Gasteiger partial charge >= 0.3 is 6.18 Å². The van der Waals surface area contributed by atoms with Crippen LogP contribution in [0.15, 0.2) is 42.5 Å². The molecule has 3 N–H and O–H groups in total. The maximum Gasteiger partial charge on any atom is 0.412 e. The van der Waals surface area contributed by atoms with Crippen LogP contribution in [0.25, 0.3) is 0 Å². The summed E-state index contributed by atoms with van der Waals surface area (Å²) in [5.74, 6) is -0.991. The summed E-state index contributed by atoms with van der Waals surface area (Å²) in [5, 5.41) is 10.7. The van der Waals surface area contributed by atoms with Crippen LogP contribution < -0.4 is 11.1 Å². The van der Waals surface area contributed by atoms with Gasteiger partial charge in [-0.25, -0.2) is 4.98 Å². The van der Waals surface area contributed by atoms with Crippen molar-refractivity contribution < 1.29 is 18.0 Å². The Kier molecular flexibility index (Phi) is 4.50. The summed E-state index contributed by atoms with van der Waals surface area (Å²) in [6.07, 6.45) is -4.73. The monoisotopic (exact) mass is 320 g/mol. The quantitative estimate of drug-likeness (QED) is 0.909. The molecule has 2 aromatic rings. The molecule has 0 radical (unpaired) electrons. The predicted molar refractivity (Wildman–Crippen MR) is 76.1 cm³/mol. The van der Waals surface area contributed by atoms with Gasteiger partial charge < -0.3 is 11.1 Å². The van der Waals surface area contributed by atoms with E-state index in [1.165, 1.54) is 36.4 Å². The second-order valence-corrected chi connectivity index (χ2v) is 4.63. The van der Waals surface area contributed by atoms with Crippen LogP contribution in [-0.4, -0.2) is 17.1 Å². The molecule has 0 spiro atoms. The Hall–Kier alpha value is -3.08. The molecule has 1 amide bonds. The zero-order valence-corrected chi connectivity index (χ0v) is 11.6. The van der Waals surface area contributed by atoms with Gasteiger partial charge in [-0.15, -0.1) is 0 Å². The molecule has 0 saturated heterocycles. The standard InChI is InChI=1S/C15H11F3N4O/c16-15(17,18)13(10-4-1-3-9(7-10)8-19)22-14(23)11-5-2-6-12(20)21-11/h1-7,13H,(H2,20,21)(H,22,23). The molecular weight excluding hydrogens is 309 g/mol. The van der Waals surface area contributed by atoms with Gasteiger partial charge in [-0.05, 0) is 29.8 Å². The first-order valence-corrected chi connectivity index (χ1v) is 6.41. The fourth-order valence-corrected chi connectivity index (χ4v) is 1.92. The molecule has 2 rings (SSSR count). The molecule has 23 heavy (non-hydrogen) atoms. The molecule has 1 heterocycles. The van der Waals surface area contributed by atoms with Crippen LogP contribution in [-0.2, 0) is 0 Å². The molecule has 118 valence electrons. The largest absolute Gasteiger partial charge is 0.412 e. The number of anilines is 1. The zero-order valence-electron chi connectivity index (χ0n) is 11.6. The topological polar surface area (TPSA) is 91.8 Å². The van der Waals surface area contributed by atoms with E-state index in [4.69, 9.17) is 11.0 Å². The number of nitriles is 1. The number of hydrogen-bond donors (Lipinski definition) is 2. The average molecular weight is 320 g/mol. The van der Waals surface area contributed by atoms with Crippen LogP contribution >= 0.6 is 0 Å². The Labute approximate surface area is 129 Å². The lowest BCUT2D eigenvalue weighted by Gasteiger charge is -2.22. The summed E-state index contributed by atoms with van der Waals surface area (Å²) >= 11 is 0. The maximum absolute atomic E-state index is 13.3. The highest BCUT2D eigenvalue weighted by atomic mass is 19.4. The number of carbonyl (C=O) groups excluding carboxylic acids is 1. The first-order chi connectivity index (χ1) is 10.8. The molecule has 1 aromatic carbocycles. The number of aromatic nitrogens is 1. The molecule has 5 nitrogen and oxygen atoms in total. The predicted octanol–water partition coefficient (Wildman–Crippen LogP) is 2.57. The molecule has 0 aliphatic carbocycles. The minimum atomic E-state index is -4.73. The summed E-state index contributed by atoms with van der Waals surface area (Å²) in [6, 6.07) is 8.53. The van der Waals surface area contributed by atoms with E-state index < -0.39 is 18.1 Å². The number of halogens is 3. The number of nitrogens with zero attached hydrogens (tertiary/aromatic N) is 2. The van der Waals surface area contributed by atoms with E-state index in [0.717, 1.165) is 6.07 Å². The third-order valence-electron chi connectivity index (χ3n) is 2.96. The van der Waals surface area contributed by atoms with E-state index in [0.29, 0.717) is 0 Å². The van der Waals surface area contributed by atoms with E-state index in [9.17, 15) is 18.0 Å². The number of carbonyl (C=O) groups is 1. The van der Waals surface area contributed by atoms with Crippen molar-refractivity contribution in [2.24, 2.45) is 0 Å². The summed E-state index contributed by atoms with van der Waals surface area (Å²) in [6.45, 7) is 0. The highest BCUT2D eigenvalue weighted by Gasteiger charge is 2.42. The first kappa shape index (κ1) is 16.3. The SMILES string of the molecule is N#Cc1cccc(C(NC(=O)c2cccc(N)n2)C(F)(F)F)c1. The number of nitrogens with two attached hydrogens (primary N) is 1. The van der Waals surface area contributed by atoms with E-state index in [1.807, 2.05) is 5.32 Å². The Morgan fingerprint density at radius 1 is 1.26 bits per heavy atom. The third-order valence-corrected chi connectivity index (χ3v) is 2.96. The number of alkyl halides is 3. The number of pyridine rings is 1. The van der Waals surface area contributed by atoms with Gasteiger partial charge in [0.25, 0.3) is 5.91 Å². The van der Waals surface area contributed by atoms with Crippen LogP contribution in [0.5, 0.6) is 0 Å². The fraction of sp³-hybridized carbons (Fsp3) is 0.133. The number of nitrogens with one attached hydrogen (secondary N) is 1. The van der Waals surface area contributed by atoms with Crippen LogP contribution in [0.2, 0.25) is 0 Å². The van der Waals surface area contributed by atoms with Crippen molar-refractivity contribution in [2.45, 2.75) is 12.2 Å². The minimum Gasteiger partial charge on any atom is -0.384 e. The van der Waals surface area contributed by atoms with E-state index >= 15 is 0 Å². The highest BCUT2D eigenvalue weighted by molar-refractivity contribution is 5.92. The Bertz CT molecular complexity index is 768. The molecule has 0 aliphatic rings. The van der Waals surface area contributed by atoms with Gasteiger partial charge in [-0.3, -0.25) is 4.79 Å². The Morgan fingerprint density at radius 3 is 2.57 bits per heavy atom. The number of amides is 1. The molecule has 1 atom stereocenters. The van der Waals surface area contributed by atoms with Gasteiger partial charge in [0.05, 0.1) is 11.6 Å². The molecule has 0 bridgehead atoms. The minimum absolute atomic E-state index is 0.0210. The number of rotatable bonds is 3. The smallest absolute Gasteiger partial charge is 0.384 e. The van der Waals surface area contributed by atoms with Crippen molar-refractivity contribution >= 4 is 11.7 Å². The average Bonchev–Trinajstić information content (AvgIpc) is 2.51. The summed E-state index contributed by atoms with van der Waals surface area (Å²) < 4.78 is 39.8. The highest BCUT2D eigenvalue weighted by Crippen LogP contribution is 2.33. The van der Waals surface area contributed by atoms with E-state index in [2.05, 4.69) is 4.98 Å². The van der Waals surface area contributed by atoms with Gasteiger partial charge in [0.1, 0.15) is 11.5 Å². The number of benzene rings is 1. The van der Waals surface area contributed by atoms with Gasteiger partial charge in [0.2, 0.25) is 0 Å². The molecule has 0 fully saturated rings. The third kappa shape index (κ3) is 3.97. The second-order valence-electron chi connectivity index (χ2n) is 4.63. The van der Waals surface area contributed by atoms with Crippen molar-refractivity contribution in [2.75, 3.05) is 5.73 Å². The normalized spacial score (nSPS) is 12.3. The molecule has 0 saturated carbocycles. The summed E-state index contributed by atoms with van der Waals surface area (Å²) in [7, 11) is 0. The van der Waals surface area contributed by atoms with Crippen LogP contribution in [0.3, 0.4) is 0 Å². The number of hydrogen-bond acceptors (Lipinski definition) is 4. The van der Waals surface area contributed by atoms with Crippen molar-refractivity contribution in [3.8, 4) is 6.07 Å². The fourth-order valence-electron chi connectivity index (χ4n) is 1.92. The molecule has 1 aromatic heterocycles. The van der Waals surface area contributed by atoms with Gasteiger partial charge in [0, 0.05) is 0 Å². The van der Waals surface area contributed by atoms with Crippen LogP contribution in [0.4, 0.5) is 19.0 Å². The lowest BCUT2D eigenvalue weighted by Crippen LogP contribution is -2.38. The summed E-state index contributed by atoms with van der Waals surface area (Å²) in [4.78, 5) is 15.7. The van der Waals surface area contributed by atoms with Gasteiger partial charge in [-0.2, -0.15) is 18.4 Å². The first-order valence-electron chi connectivity index (χ1n) is 6.41. The summed E-state index contributed by atoms with van der Waals surface area (Å²) in [5.41, 5.74) is 5.01. The Morgan fingerprint density at radius 2 is 1.96 bits per heavy atom. The molecule has 8 heteroatoms. The molecule has 0 aliphatic heterocycles. The van der Waals surface area contributed by atoms with Gasteiger partial charge in [-0.1, -0.05) is 18.2 Å². The van der Waals surface area contributed by atoms with Crippen LogP contribution in [0.1, 0.15) is 27.7 Å². The van der Waals surface area contributed by atoms with Crippen molar-refractivity contribution in [1.29, 1.82) is 5.26 Å². The van der Waals surface area contributed by atoms with E-state index in [-0.39, 0.29) is 22.6 Å². The van der Waals surface area contributed by atoms with Crippen molar-refractivity contribution in [3.05, 3.63) is 59.3 Å². The Balaban J connectivity index is 2.33. The molecule has 1 unspecified atom stereocenters. The maximum atomic E-state index is 13.3. The van der Waals surface area contributed by atoms with E-state index in [1.54, 1.807) is 6.07 Å². The number of nitrogen functional groups attached to an aromatic ring is 1. The van der Waals surface area contributed by atoms with Crippen LogP contribution in [0, 0.1) is 11.3 Å². The van der Waals surface area contributed by atoms with Gasteiger partial charge in [0.15, 0.2) is 6.04 Å².